The molecule has 7 nitrogen and oxygen atoms in total. The van der Waals surface area contributed by atoms with E-state index >= 15 is 0 Å². The number of nitrogens with zero attached hydrogens (tertiary/aromatic N) is 1. The predicted molar refractivity (Wildman–Crippen MR) is 139 cm³/mol. The fourth-order valence-corrected chi connectivity index (χ4v) is 5.79. The molecule has 7 heteroatoms. The number of β-amino-alcohol motifs (C(OH)–C–C–N with tert-alkyl or cyclic N) is 1. The number of ether oxygens (including phenoxy) is 1. The summed E-state index contributed by atoms with van der Waals surface area (Å²) < 4.78 is 5.35. The van der Waals surface area contributed by atoms with Crippen molar-refractivity contribution in [3.8, 4) is 11.5 Å². The number of hydrogen-bond acceptors (Lipinski definition) is 6. The van der Waals surface area contributed by atoms with Gasteiger partial charge in [-0.2, -0.15) is 0 Å². The predicted octanol–water partition coefficient (Wildman–Crippen LogP) is 3.56. The second kappa shape index (κ2) is 10.7. The third kappa shape index (κ3) is 5.53. The number of phenols is 1. The van der Waals surface area contributed by atoms with Crippen molar-refractivity contribution in [3.05, 3.63) is 78.4 Å². The third-order valence-corrected chi connectivity index (χ3v) is 7.41. The van der Waals surface area contributed by atoms with Gasteiger partial charge in [0, 0.05) is 37.5 Å². The summed E-state index contributed by atoms with van der Waals surface area (Å²) in [4.78, 5) is 26.5. The van der Waals surface area contributed by atoms with Crippen molar-refractivity contribution in [1.82, 2.24) is 10.2 Å². The van der Waals surface area contributed by atoms with Gasteiger partial charge in [-0.05, 0) is 73.7 Å². The highest BCUT2D eigenvalue weighted by Crippen LogP contribution is 2.52. The molecule has 190 valence electrons. The zero-order valence-corrected chi connectivity index (χ0v) is 20.7. The molecule has 1 saturated carbocycles. The van der Waals surface area contributed by atoms with Crippen molar-refractivity contribution < 1.29 is 24.5 Å². The van der Waals surface area contributed by atoms with Crippen molar-refractivity contribution in [1.29, 1.82) is 0 Å². The monoisotopic (exact) mass is 490 g/mol. The van der Waals surface area contributed by atoms with Crippen LogP contribution in [0.5, 0.6) is 11.5 Å². The van der Waals surface area contributed by atoms with Crippen LogP contribution < -0.4 is 10.1 Å². The Balaban J connectivity index is 1.58. The van der Waals surface area contributed by atoms with E-state index in [1.54, 1.807) is 30.3 Å². The Bertz CT molecular complexity index is 1160. The van der Waals surface area contributed by atoms with E-state index in [0.717, 1.165) is 17.7 Å². The first kappa shape index (κ1) is 25.7. The summed E-state index contributed by atoms with van der Waals surface area (Å²) in [5, 5.41) is 24.8. The minimum absolute atomic E-state index is 0.130. The number of fused-ring (bicyclic) bond motifs is 1. The van der Waals surface area contributed by atoms with Crippen LogP contribution in [-0.4, -0.2) is 58.3 Å². The van der Waals surface area contributed by atoms with Gasteiger partial charge >= 0.3 is 5.97 Å². The summed E-state index contributed by atoms with van der Waals surface area (Å²) >= 11 is 0. The Morgan fingerprint density at radius 3 is 2.78 bits per heavy atom. The molecule has 36 heavy (non-hydrogen) atoms. The molecule has 0 aromatic heterocycles. The average molecular weight is 491 g/mol. The van der Waals surface area contributed by atoms with Gasteiger partial charge in [0.1, 0.15) is 11.5 Å². The van der Waals surface area contributed by atoms with Crippen LogP contribution in [0.3, 0.4) is 0 Å². The summed E-state index contributed by atoms with van der Waals surface area (Å²) in [6.45, 7) is 7.20. The number of rotatable bonds is 7. The normalized spacial score (nSPS) is 26.2. The van der Waals surface area contributed by atoms with Gasteiger partial charge in [-0.15, -0.1) is 6.58 Å². The summed E-state index contributed by atoms with van der Waals surface area (Å²) in [6, 6.07) is 14.0. The van der Waals surface area contributed by atoms with E-state index < -0.39 is 17.0 Å². The van der Waals surface area contributed by atoms with Crippen LogP contribution >= 0.6 is 0 Å². The van der Waals surface area contributed by atoms with E-state index in [0.29, 0.717) is 44.5 Å². The first-order valence-electron chi connectivity index (χ1n) is 12.4. The molecular formula is C29H34N2O5. The minimum Gasteiger partial charge on any atom is -0.508 e. The molecule has 2 aromatic carbocycles. The van der Waals surface area contributed by atoms with Gasteiger partial charge in [0.2, 0.25) is 5.91 Å². The molecule has 2 aliphatic rings. The Labute approximate surface area is 212 Å². The SMILES string of the molecule is C=CCN1CCC2(c3cccc(OC(C)=O)c3)CC(NC(=O)/C=C/c3cccc(O)c3)CCC2(O)C1. The van der Waals surface area contributed by atoms with Gasteiger partial charge in [0.25, 0.3) is 0 Å². The van der Waals surface area contributed by atoms with Crippen LogP contribution in [0.15, 0.2) is 67.3 Å². The Hall–Kier alpha value is -3.42. The first-order valence-corrected chi connectivity index (χ1v) is 12.4. The molecule has 0 bridgehead atoms. The number of likely N-dealkylation sites (tertiary alicyclic amines) is 1. The van der Waals surface area contributed by atoms with Crippen LogP contribution in [-0.2, 0) is 15.0 Å². The van der Waals surface area contributed by atoms with Gasteiger partial charge in [-0.25, -0.2) is 0 Å². The summed E-state index contributed by atoms with van der Waals surface area (Å²) in [7, 11) is 0. The van der Waals surface area contributed by atoms with Crippen molar-refractivity contribution in [2.24, 2.45) is 0 Å². The van der Waals surface area contributed by atoms with Crippen molar-refractivity contribution >= 4 is 18.0 Å². The molecule has 1 heterocycles. The van der Waals surface area contributed by atoms with E-state index in [-0.39, 0.29) is 17.7 Å². The molecule has 1 saturated heterocycles. The lowest BCUT2D eigenvalue weighted by Crippen LogP contribution is -2.67. The fraction of sp³-hybridized carbons (Fsp3) is 0.379. The van der Waals surface area contributed by atoms with E-state index in [2.05, 4.69) is 16.8 Å². The highest BCUT2D eigenvalue weighted by atomic mass is 16.5. The fourth-order valence-electron chi connectivity index (χ4n) is 5.79. The second-order valence-corrected chi connectivity index (χ2v) is 9.89. The lowest BCUT2D eigenvalue weighted by Gasteiger charge is -2.58. The van der Waals surface area contributed by atoms with Gasteiger partial charge in [0.05, 0.1) is 5.60 Å². The topological polar surface area (TPSA) is 99.1 Å². The molecule has 1 aliphatic carbocycles. The molecular weight excluding hydrogens is 456 g/mol. The Morgan fingerprint density at radius 1 is 1.22 bits per heavy atom. The number of amides is 1. The van der Waals surface area contributed by atoms with Crippen LogP contribution in [0.2, 0.25) is 0 Å². The van der Waals surface area contributed by atoms with E-state index in [1.165, 1.54) is 13.0 Å². The van der Waals surface area contributed by atoms with Gasteiger partial charge in [0.15, 0.2) is 0 Å². The molecule has 0 radical (unpaired) electrons. The number of benzene rings is 2. The van der Waals surface area contributed by atoms with E-state index in [9.17, 15) is 19.8 Å². The molecule has 3 atom stereocenters. The maximum absolute atomic E-state index is 12.8. The molecule has 1 aliphatic heterocycles. The lowest BCUT2D eigenvalue weighted by molar-refractivity contribution is -0.132. The maximum Gasteiger partial charge on any atom is 0.308 e. The number of esters is 1. The molecule has 3 unspecified atom stereocenters. The first-order chi connectivity index (χ1) is 17.2. The second-order valence-electron chi connectivity index (χ2n) is 9.89. The molecule has 4 rings (SSSR count). The zero-order valence-electron chi connectivity index (χ0n) is 20.7. The smallest absolute Gasteiger partial charge is 0.308 e. The number of piperidine rings is 1. The number of nitrogens with one attached hydrogen (secondary N) is 1. The quantitative estimate of drug-likeness (QED) is 0.238. The molecule has 3 N–H and O–H groups in total. The largest absolute Gasteiger partial charge is 0.508 e. The van der Waals surface area contributed by atoms with Crippen molar-refractivity contribution in [2.45, 2.75) is 49.7 Å². The Kier molecular flexibility index (Phi) is 7.62. The van der Waals surface area contributed by atoms with E-state index in [1.807, 2.05) is 30.3 Å². The number of aliphatic hydroxyl groups is 1. The number of aromatic hydroxyl groups is 1. The minimum atomic E-state index is -0.998. The summed E-state index contributed by atoms with van der Waals surface area (Å²) in [6.07, 6.45) is 7.43. The summed E-state index contributed by atoms with van der Waals surface area (Å²) in [5.41, 5.74) is 0.0426. The molecule has 2 aromatic rings. The third-order valence-electron chi connectivity index (χ3n) is 7.41. The number of carbonyl (C=O) groups excluding carboxylic acids is 2. The maximum atomic E-state index is 12.8. The average Bonchev–Trinajstić information content (AvgIpc) is 2.83. The summed E-state index contributed by atoms with van der Waals surface area (Å²) in [5.74, 6) is -0.0231. The zero-order chi connectivity index (χ0) is 25.8. The van der Waals surface area contributed by atoms with E-state index in [4.69, 9.17) is 4.74 Å². The van der Waals surface area contributed by atoms with Crippen LogP contribution in [0.1, 0.15) is 43.7 Å². The van der Waals surface area contributed by atoms with Gasteiger partial charge in [-0.1, -0.05) is 30.3 Å². The standard InChI is InChI=1S/C29H34N2O5/c1-3-15-31-16-14-28(23-7-5-9-26(18-23)36-21(2)32)19-24(12-13-29(28,35)20-31)30-27(34)11-10-22-6-4-8-25(33)17-22/h3-11,17-18,24,33,35H,1,12-16,19-20H2,2H3,(H,30,34)/b11-10+. The van der Waals surface area contributed by atoms with Crippen LogP contribution in [0, 0.1) is 0 Å². The lowest BCUT2D eigenvalue weighted by atomic mass is 9.55. The van der Waals surface area contributed by atoms with Crippen molar-refractivity contribution in [2.75, 3.05) is 19.6 Å². The number of hydrogen-bond donors (Lipinski definition) is 3. The molecule has 1 amide bonds. The Morgan fingerprint density at radius 2 is 2.03 bits per heavy atom. The molecule has 2 fully saturated rings. The number of carbonyl (C=O) groups is 2. The van der Waals surface area contributed by atoms with Crippen LogP contribution in [0.25, 0.3) is 6.08 Å². The van der Waals surface area contributed by atoms with Gasteiger partial charge in [-0.3, -0.25) is 14.5 Å². The van der Waals surface area contributed by atoms with Crippen LogP contribution in [0.4, 0.5) is 0 Å². The molecule has 0 spiro atoms. The van der Waals surface area contributed by atoms with Gasteiger partial charge < -0.3 is 20.3 Å². The van der Waals surface area contributed by atoms with Crippen molar-refractivity contribution in [3.63, 3.8) is 0 Å². The highest BCUT2D eigenvalue weighted by Gasteiger charge is 2.57. The highest BCUT2D eigenvalue weighted by molar-refractivity contribution is 5.92. The number of phenolic OH excluding ortho intramolecular Hbond substituents is 1.